The van der Waals surface area contributed by atoms with Gasteiger partial charge in [0.2, 0.25) is 5.91 Å². The molecule has 0 saturated carbocycles. The summed E-state index contributed by atoms with van der Waals surface area (Å²) in [4.78, 5) is 26.4. The normalized spacial score (nSPS) is 17.9. The van der Waals surface area contributed by atoms with Crippen molar-refractivity contribution in [1.82, 2.24) is 4.90 Å². The molecule has 9 nitrogen and oxygen atoms in total. The zero-order valence-electron chi connectivity index (χ0n) is 20.1. The highest BCUT2D eigenvalue weighted by Gasteiger charge is 2.14. The Bertz CT molecular complexity index is 640. The Morgan fingerprint density at radius 1 is 0.676 bits per heavy atom. The minimum Gasteiger partial charge on any atom is -0.461 e. The molecule has 1 aromatic rings. The largest absolute Gasteiger partial charge is 0.461 e. The van der Waals surface area contributed by atoms with Gasteiger partial charge in [-0.1, -0.05) is 30.3 Å². The number of amides is 1. The van der Waals surface area contributed by atoms with Crippen LogP contribution in [0.4, 0.5) is 0 Å². The van der Waals surface area contributed by atoms with Gasteiger partial charge in [-0.2, -0.15) is 0 Å². The molecule has 1 heterocycles. The second-order valence-electron chi connectivity index (χ2n) is 7.80. The molecule has 192 valence electrons. The van der Waals surface area contributed by atoms with Gasteiger partial charge in [0.05, 0.1) is 66.1 Å². The molecule has 0 N–H and O–H groups in total. The van der Waals surface area contributed by atoms with E-state index in [1.165, 1.54) is 0 Å². The molecule has 0 unspecified atom stereocenters. The van der Waals surface area contributed by atoms with Gasteiger partial charge >= 0.3 is 5.97 Å². The number of benzene rings is 1. The van der Waals surface area contributed by atoms with Gasteiger partial charge in [-0.15, -0.1) is 0 Å². The molecule has 34 heavy (non-hydrogen) atoms. The lowest BCUT2D eigenvalue weighted by Gasteiger charge is -2.23. The van der Waals surface area contributed by atoms with Gasteiger partial charge in [0.25, 0.3) is 0 Å². The number of esters is 1. The van der Waals surface area contributed by atoms with Crippen molar-refractivity contribution >= 4 is 11.9 Å². The summed E-state index contributed by atoms with van der Waals surface area (Å²) >= 11 is 0. The molecule has 9 heteroatoms. The maximum absolute atomic E-state index is 12.7. The lowest BCUT2D eigenvalue weighted by molar-refractivity contribution is -0.145. The summed E-state index contributed by atoms with van der Waals surface area (Å²) in [6, 6.07) is 9.58. The second kappa shape index (κ2) is 19.3. The van der Waals surface area contributed by atoms with Crippen LogP contribution in [0.15, 0.2) is 30.3 Å². The quantitative estimate of drug-likeness (QED) is 0.432. The average molecular weight is 482 g/mol. The van der Waals surface area contributed by atoms with Crippen LogP contribution in [0.5, 0.6) is 0 Å². The fraction of sp³-hybridized carbons (Fsp3) is 0.680. The molecule has 0 spiro atoms. The number of rotatable bonds is 7. The SMILES string of the molecule is O=C(CCCCC(=O)N1CCOCCOCCOCCOCCOCC1)OCc1ccccc1. The Morgan fingerprint density at radius 2 is 1.15 bits per heavy atom. The summed E-state index contributed by atoms with van der Waals surface area (Å²) in [6.07, 6.45) is 1.91. The van der Waals surface area contributed by atoms with E-state index in [0.29, 0.717) is 105 Å². The number of hydrogen-bond donors (Lipinski definition) is 0. The van der Waals surface area contributed by atoms with Gasteiger partial charge in [-0.25, -0.2) is 0 Å². The number of ether oxygens (including phenoxy) is 6. The summed E-state index contributed by atoms with van der Waals surface area (Å²) in [7, 11) is 0. The summed E-state index contributed by atoms with van der Waals surface area (Å²) in [5, 5.41) is 0. The maximum atomic E-state index is 12.7. The molecule has 1 aliphatic rings. The van der Waals surface area contributed by atoms with E-state index in [9.17, 15) is 9.59 Å². The summed E-state index contributed by atoms with van der Waals surface area (Å²) < 4.78 is 32.8. The third kappa shape index (κ3) is 14.3. The second-order valence-corrected chi connectivity index (χ2v) is 7.80. The predicted molar refractivity (Wildman–Crippen MR) is 125 cm³/mol. The highest BCUT2D eigenvalue weighted by molar-refractivity contribution is 5.76. The fourth-order valence-electron chi connectivity index (χ4n) is 3.21. The first kappa shape index (κ1) is 28.2. The van der Waals surface area contributed by atoms with Crippen LogP contribution in [0, 0.1) is 0 Å². The van der Waals surface area contributed by atoms with Crippen molar-refractivity contribution in [2.45, 2.75) is 32.3 Å². The molecular weight excluding hydrogens is 442 g/mol. The van der Waals surface area contributed by atoms with Crippen LogP contribution in [0.1, 0.15) is 31.2 Å². The molecular formula is C25H39NO8. The van der Waals surface area contributed by atoms with Gasteiger partial charge in [0.1, 0.15) is 6.61 Å². The lowest BCUT2D eigenvalue weighted by atomic mass is 10.2. The van der Waals surface area contributed by atoms with Gasteiger partial charge in [-0.3, -0.25) is 9.59 Å². The average Bonchev–Trinajstić information content (AvgIpc) is 2.86. The predicted octanol–water partition coefficient (Wildman–Crippen LogP) is 2.22. The van der Waals surface area contributed by atoms with E-state index in [-0.39, 0.29) is 18.5 Å². The monoisotopic (exact) mass is 481 g/mol. The minimum absolute atomic E-state index is 0.0314. The first-order chi connectivity index (χ1) is 16.8. The standard InChI is InChI=1S/C25H39NO8/c27-24(8-4-5-9-25(28)34-22-23-6-2-1-3-7-23)26-10-12-29-14-16-31-18-20-33-21-19-32-17-15-30-13-11-26/h1-3,6-7H,4-5,8-22H2. The van der Waals surface area contributed by atoms with Crippen molar-refractivity contribution < 1.29 is 38.0 Å². The van der Waals surface area contributed by atoms with E-state index in [2.05, 4.69) is 0 Å². The van der Waals surface area contributed by atoms with E-state index in [1.54, 1.807) is 4.90 Å². The van der Waals surface area contributed by atoms with Crippen LogP contribution in [0.2, 0.25) is 0 Å². The molecule has 1 saturated heterocycles. The topological polar surface area (TPSA) is 92.8 Å². The van der Waals surface area contributed by atoms with Crippen LogP contribution >= 0.6 is 0 Å². The van der Waals surface area contributed by atoms with Gasteiger partial charge in [0.15, 0.2) is 0 Å². The number of carbonyl (C=O) groups excluding carboxylic acids is 2. The number of carbonyl (C=O) groups is 2. The number of unbranched alkanes of at least 4 members (excludes halogenated alkanes) is 1. The minimum atomic E-state index is -0.245. The molecule has 0 radical (unpaired) electrons. The summed E-state index contributed by atoms with van der Waals surface area (Å²) in [6.45, 7) is 6.07. The zero-order valence-corrected chi connectivity index (χ0v) is 20.1. The lowest BCUT2D eigenvalue weighted by Crippen LogP contribution is -2.37. The van der Waals surface area contributed by atoms with Crippen molar-refractivity contribution in [3.05, 3.63) is 35.9 Å². The van der Waals surface area contributed by atoms with Crippen LogP contribution in [0.3, 0.4) is 0 Å². The Balaban J connectivity index is 1.64. The van der Waals surface area contributed by atoms with Crippen molar-refractivity contribution in [1.29, 1.82) is 0 Å². The van der Waals surface area contributed by atoms with Crippen molar-refractivity contribution in [3.8, 4) is 0 Å². The molecule has 1 aromatic carbocycles. The van der Waals surface area contributed by atoms with Crippen LogP contribution < -0.4 is 0 Å². The Kier molecular flexibility index (Phi) is 16.0. The Morgan fingerprint density at radius 3 is 1.68 bits per heavy atom. The molecule has 1 fully saturated rings. The zero-order chi connectivity index (χ0) is 24.1. The van der Waals surface area contributed by atoms with Gasteiger partial charge in [-0.05, 0) is 18.4 Å². The third-order valence-corrected chi connectivity index (χ3v) is 5.12. The molecule has 1 aliphatic heterocycles. The first-order valence-corrected chi connectivity index (χ1v) is 12.1. The summed E-state index contributed by atoms with van der Waals surface area (Å²) in [5.41, 5.74) is 0.960. The van der Waals surface area contributed by atoms with Crippen LogP contribution in [0.25, 0.3) is 0 Å². The summed E-state index contributed by atoms with van der Waals surface area (Å²) in [5.74, 6) is -0.213. The van der Waals surface area contributed by atoms with E-state index >= 15 is 0 Å². The van der Waals surface area contributed by atoms with Gasteiger partial charge < -0.3 is 33.3 Å². The van der Waals surface area contributed by atoms with E-state index < -0.39 is 0 Å². The van der Waals surface area contributed by atoms with E-state index in [4.69, 9.17) is 28.4 Å². The van der Waals surface area contributed by atoms with Crippen LogP contribution in [-0.4, -0.2) is 95.9 Å². The van der Waals surface area contributed by atoms with Crippen molar-refractivity contribution in [2.75, 3.05) is 79.2 Å². The smallest absolute Gasteiger partial charge is 0.306 e. The molecule has 0 bridgehead atoms. The highest BCUT2D eigenvalue weighted by atomic mass is 16.6. The molecule has 0 aromatic heterocycles. The van der Waals surface area contributed by atoms with Crippen LogP contribution in [-0.2, 0) is 44.6 Å². The molecule has 1 amide bonds. The Labute approximate surface area is 202 Å². The maximum Gasteiger partial charge on any atom is 0.306 e. The molecule has 2 rings (SSSR count). The number of nitrogens with zero attached hydrogens (tertiary/aromatic N) is 1. The number of hydrogen-bond acceptors (Lipinski definition) is 8. The van der Waals surface area contributed by atoms with E-state index in [0.717, 1.165) is 5.56 Å². The Hall–Kier alpha value is -2.04. The van der Waals surface area contributed by atoms with Gasteiger partial charge in [0, 0.05) is 25.9 Å². The van der Waals surface area contributed by atoms with E-state index in [1.807, 2.05) is 30.3 Å². The fourth-order valence-corrected chi connectivity index (χ4v) is 3.21. The van der Waals surface area contributed by atoms with Crippen molar-refractivity contribution in [2.24, 2.45) is 0 Å². The molecule has 0 aliphatic carbocycles. The van der Waals surface area contributed by atoms with Crippen molar-refractivity contribution in [3.63, 3.8) is 0 Å². The first-order valence-electron chi connectivity index (χ1n) is 12.1. The third-order valence-electron chi connectivity index (χ3n) is 5.12. The highest BCUT2D eigenvalue weighted by Crippen LogP contribution is 2.07. The molecule has 0 atom stereocenters.